The predicted octanol–water partition coefficient (Wildman–Crippen LogP) is 0.719. The fourth-order valence-corrected chi connectivity index (χ4v) is 3.98. The third-order valence-corrected chi connectivity index (χ3v) is 5.81. The second kappa shape index (κ2) is 10.6. The number of quaternary nitrogens is 1. The third kappa shape index (κ3) is 5.84. The van der Waals surface area contributed by atoms with Crippen LogP contribution in [-0.4, -0.2) is 44.3 Å². The van der Waals surface area contributed by atoms with Crippen LogP contribution in [0.4, 0.5) is 5.69 Å². The van der Waals surface area contributed by atoms with Crippen molar-refractivity contribution < 1.29 is 19.6 Å². The number of amides is 1. The molecule has 0 unspecified atom stereocenters. The molecule has 1 aliphatic heterocycles. The number of hydrogen-bond donors (Lipinski definition) is 2. The van der Waals surface area contributed by atoms with Gasteiger partial charge < -0.3 is 19.7 Å². The summed E-state index contributed by atoms with van der Waals surface area (Å²) in [5, 5.41) is 15.0. The van der Waals surface area contributed by atoms with Crippen molar-refractivity contribution in [1.29, 1.82) is 0 Å². The number of nitrogens with zero attached hydrogens (tertiary/aromatic N) is 2. The molecule has 0 spiro atoms. The van der Waals surface area contributed by atoms with Gasteiger partial charge in [0.1, 0.15) is 6.54 Å². The van der Waals surface area contributed by atoms with Gasteiger partial charge in [-0.25, -0.2) is 5.43 Å². The summed E-state index contributed by atoms with van der Waals surface area (Å²) in [5.41, 5.74) is 5.78. The molecule has 3 aromatic carbocycles. The van der Waals surface area contributed by atoms with E-state index in [4.69, 9.17) is 0 Å². The van der Waals surface area contributed by atoms with E-state index in [1.807, 2.05) is 18.2 Å². The SMILES string of the molecule is O=C(NN=Cc1ccccc1C(=O)[O-])c1ccc(C[NH+]2CCN(c3ccccc3)CC2)cc1. The number of carbonyl (C=O) groups is 2. The second-order valence-corrected chi connectivity index (χ2v) is 8.02. The number of aromatic carboxylic acids is 1. The maximum Gasteiger partial charge on any atom is 0.271 e. The van der Waals surface area contributed by atoms with Gasteiger partial charge in [-0.1, -0.05) is 54.6 Å². The van der Waals surface area contributed by atoms with Crippen molar-refractivity contribution >= 4 is 23.8 Å². The van der Waals surface area contributed by atoms with E-state index < -0.39 is 5.97 Å². The fraction of sp³-hybridized carbons (Fsp3) is 0.192. The molecule has 1 aliphatic rings. The minimum absolute atomic E-state index is 0.0203. The monoisotopic (exact) mass is 442 g/mol. The average Bonchev–Trinajstić information content (AvgIpc) is 2.85. The number of para-hydroxylation sites is 1. The molecule has 0 saturated carbocycles. The quantitative estimate of drug-likeness (QED) is 0.417. The van der Waals surface area contributed by atoms with Crippen LogP contribution >= 0.6 is 0 Å². The lowest BCUT2D eigenvalue weighted by Crippen LogP contribution is -3.13. The lowest BCUT2D eigenvalue weighted by atomic mass is 10.1. The molecular weight excluding hydrogens is 416 g/mol. The highest BCUT2D eigenvalue weighted by molar-refractivity contribution is 5.98. The Morgan fingerprint density at radius 3 is 2.30 bits per heavy atom. The van der Waals surface area contributed by atoms with Gasteiger partial charge in [-0.3, -0.25) is 4.79 Å². The highest BCUT2D eigenvalue weighted by Crippen LogP contribution is 2.12. The van der Waals surface area contributed by atoms with Gasteiger partial charge in [-0.05, 0) is 24.3 Å². The summed E-state index contributed by atoms with van der Waals surface area (Å²) in [6.07, 6.45) is 1.30. The summed E-state index contributed by atoms with van der Waals surface area (Å²) in [4.78, 5) is 27.4. The van der Waals surface area contributed by atoms with Crippen LogP contribution in [0.1, 0.15) is 31.8 Å². The average molecular weight is 443 g/mol. The van der Waals surface area contributed by atoms with Gasteiger partial charge in [-0.2, -0.15) is 5.10 Å². The first kappa shape index (κ1) is 22.2. The molecule has 3 aromatic rings. The maximum absolute atomic E-state index is 12.4. The highest BCUT2D eigenvalue weighted by Gasteiger charge is 2.20. The van der Waals surface area contributed by atoms with Crippen molar-refractivity contribution in [3.8, 4) is 0 Å². The molecule has 0 bridgehead atoms. The Labute approximate surface area is 193 Å². The first-order chi connectivity index (χ1) is 16.1. The van der Waals surface area contributed by atoms with Crippen LogP contribution in [0.2, 0.25) is 0 Å². The summed E-state index contributed by atoms with van der Waals surface area (Å²) in [6.45, 7) is 5.11. The van der Waals surface area contributed by atoms with E-state index in [1.54, 1.807) is 30.3 Å². The topological polar surface area (TPSA) is 89.3 Å². The first-order valence-corrected chi connectivity index (χ1v) is 11.0. The molecule has 1 amide bonds. The van der Waals surface area contributed by atoms with E-state index in [1.165, 1.54) is 28.4 Å². The van der Waals surface area contributed by atoms with Gasteiger partial charge in [0.25, 0.3) is 5.91 Å². The molecule has 1 heterocycles. The van der Waals surface area contributed by atoms with E-state index in [0.717, 1.165) is 32.7 Å². The Bertz CT molecular complexity index is 1120. The number of nitrogens with one attached hydrogen (secondary N) is 2. The summed E-state index contributed by atoms with van der Waals surface area (Å²) >= 11 is 0. The number of anilines is 1. The van der Waals surface area contributed by atoms with Crippen LogP contribution in [0, 0.1) is 0 Å². The molecule has 2 N–H and O–H groups in total. The Morgan fingerprint density at radius 2 is 1.61 bits per heavy atom. The van der Waals surface area contributed by atoms with Crippen LogP contribution in [0.5, 0.6) is 0 Å². The van der Waals surface area contributed by atoms with Crippen molar-refractivity contribution in [2.75, 3.05) is 31.1 Å². The van der Waals surface area contributed by atoms with Crippen molar-refractivity contribution in [2.24, 2.45) is 5.10 Å². The standard InChI is InChI=1S/C26H26N4O3/c31-25(28-27-18-22-6-4-5-9-24(22)26(32)33)21-12-10-20(11-13-21)19-29-14-16-30(17-15-29)23-7-2-1-3-8-23/h1-13,18H,14-17,19H2,(H,28,31)(H,32,33). The van der Waals surface area contributed by atoms with Gasteiger partial charge >= 0.3 is 0 Å². The maximum atomic E-state index is 12.4. The number of hydrazone groups is 1. The minimum Gasteiger partial charge on any atom is -0.545 e. The predicted molar refractivity (Wildman–Crippen MR) is 125 cm³/mol. The second-order valence-electron chi connectivity index (χ2n) is 8.02. The molecule has 1 fully saturated rings. The van der Waals surface area contributed by atoms with Crippen LogP contribution in [0.3, 0.4) is 0 Å². The molecule has 0 aromatic heterocycles. The molecule has 0 atom stereocenters. The Kier molecular flexibility index (Phi) is 7.12. The van der Waals surface area contributed by atoms with E-state index in [0.29, 0.717) is 11.1 Å². The number of benzene rings is 3. The lowest BCUT2D eigenvalue weighted by molar-refractivity contribution is -0.914. The van der Waals surface area contributed by atoms with Crippen LogP contribution in [-0.2, 0) is 6.54 Å². The third-order valence-electron chi connectivity index (χ3n) is 5.81. The summed E-state index contributed by atoms with van der Waals surface area (Å²) in [7, 11) is 0. The number of piperazine rings is 1. The largest absolute Gasteiger partial charge is 0.545 e. The van der Waals surface area contributed by atoms with E-state index in [2.05, 4.69) is 39.7 Å². The number of carboxylic acids is 1. The normalized spacial score (nSPS) is 14.4. The fourth-order valence-electron chi connectivity index (χ4n) is 3.98. The Morgan fingerprint density at radius 1 is 0.939 bits per heavy atom. The van der Waals surface area contributed by atoms with Crippen molar-refractivity contribution in [2.45, 2.75) is 6.54 Å². The molecule has 7 heteroatoms. The summed E-state index contributed by atoms with van der Waals surface area (Å²) in [5.74, 6) is -1.64. The van der Waals surface area contributed by atoms with Gasteiger partial charge in [0.15, 0.2) is 0 Å². The van der Waals surface area contributed by atoms with Crippen molar-refractivity contribution in [3.63, 3.8) is 0 Å². The molecular formula is C26H26N4O3. The summed E-state index contributed by atoms with van der Waals surface area (Å²) in [6, 6.07) is 24.3. The van der Waals surface area contributed by atoms with Crippen LogP contribution < -0.4 is 20.3 Å². The van der Waals surface area contributed by atoms with Crippen LogP contribution in [0.15, 0.2) is 84.0 Å². The number of carboxylic acid groups (broad SMARTS) is 1. The zero-order valence-electron chi connectivity index (χ0n) is 18.2. The van der Waals surface area contributed by atoms with Gasteiger partial charge in [0, 0.05) is 27.9 Å². The van der Waals surface area contributed by atoms with Crippen molar-refractivity contribution in [3.05, 3.63) is 101 Å². The van der Waals surface area contributed by atoms with Gasteiger partial charge in [-0.15, -0.1) is 0 Å². The Hall–Kier alpha value is -3.97. The number of carbonyl (C=O) groups excluding carboxylic acids is 2. The van der Waals surface area contributed by atoms with E-state index in [-0.39, 0.29) is 11.5 Å². The molecule has 33 heavy (non-hydrogen) atoms. The molecule has 0 radical (unpaired) electrons. The molecule has 168 valence electrons. The lowest BCUT2D eigenvalue weighted by Gasteiger charge is -2.33. The smallest absolute Gasteiger partial charge is 0.271 e. The Balaban J connectivity index is 1.28. The van der Waals surface area contributed by atoms with Gasteiger partial charge in [0.2, 0.25) is 0 Å². The molecule has 0 aliphatic carbocycles. The van der Waals surface area contributed by atoms with E-state index >= 15 is 0 Å². The zero-order valence-corrected chi connectivity index (χ0v) is 18.2. The van der Waals surface area contributed by atoms with Crippen molar-refractivity contribution in [1.82, 2.24) is 5.43 Å². The number of rotatable bonds is 7. The molecule has 4 rings (SSSR count). The number of hydrogen-bond acceptors (Lipinski definition) is 5. The molecule has 1 saturated heterocycles. The molecule has 7 nitrogen and oxygen atoms in total. The van der Waals surface area contributed by atoms with Crippen LogP contribution in [0.25, 0.3) is 0 Å². The highest BCUT2D eigenvalue weighted by atomic mass is 16.4. The first-order valence-electron chi connectivity index (χ1n) is 11.0. The summed E-state index contributed by atoms with van der Waals surface area (Å²) < 4.78 is 0. The van der Waals surface area contributed by atoms with Gasteiger partial charge in [0.05, 0.1) is 38.4 Å². The minimum atomic E-state index is -1.29. The zero-order chi connectivity index (χ0) is 23.0. The van der Waals surface area contributed by atoms with E-state index in [9.17, 15) is 14.7 Å².